The van der Waals surface area contributed by atoms with Crippen molar-refractivity contribution in [2.24, 2.45) is 0 Å². The molecule has 1 N–H and O–H groups in total. The Balaban J connectivity index is 1.70. The van der Waals surface area contributed by atoms with Crippen molar-refractivity contribution in [3.05, 3.63) is 53.4 Å². The number of tetrazole rings is 1. The Morgan fingerprint density at radius 1 is 1.32 bits per heavy atom. The molecule has 130 valence electrons. The predicted octanol–water partition coefficient (Wildman–Crippen LogP) is 0.875. The van der Waals surface area contributed by atoms with Crippen LogP contribution in [0.15, 0.2) is 34.9 Å². The number of carbonyl (C=O) groups excluding carboxylic acids is 1. The molecule has 3 aromatic rings. The maximum Gasteiger partial charge on any atom is 0.249 e. The van der Waals surface area contributed by atoms with Crippen molar-refractivity contribution in [1.82, 2.24) is 35.7 Å². The minimum Gasteiger partial charge on any atom is -0.353 e. The molecule has 1 aromatic carbocycles. The highest BCUT2D eigenvalue weighted by Crippen LogP contribution is 2.18. The zero-order valence-corrected chi connectivity index (χ0v) is 14.1. The number of rotatable bonds is 7. The molecule has 0 aliphatic heterocycles. The fourth-order valence-electron chi connectivity index (χ4n) is 2.44. The molecular weight excluding hydrogens is 322 g/mol. The molecule has 0 saturated heterocycles. The third-order valence-electron chi connectivity index (χ3n) is 3.73. The third-order valence-corrected chi connectivity index (χ3v) is 3.73. The minimum absolute atomic E-state index is 0.197. The maximum absolute atomic E-state index is 12.8. The number of aryl methyl sites for hydroxylation is 2. The summed E-state index contributed by atoms with van der Waals surface area (Å²) in [5.41, 5.74) is 0.807. The lowest BCUT2D eigenvalue weighted by Gasteiger charge is -2.17. The Bertz CT molecular complexity index is 828. The normalized spacial score (nSPS) is 12.1. The van der Waals surface area contributed by atoms with Gasteiger partial charge in [0.25, 0.3) is 0 Å². The van der Waals surface area contributed by atoms with Crippen molar-refractivity contribution in [2.45, 2.75) is 32.7 Å². The summed E-state index contributed by atoms with van der Waals surface area (Å²) in [7, 11) is 0. The standard InChI is InChI=1S/C16H19N7O2/c1-3-13-18-14(25-20-13)9-10-17-16(24)15(12-7-5-4-6-8-12)23-11(2)19-21-22-23/h4-8,15H,3,9-10H2,1-2H3,(H,17,24)/t15-/m1/s1. The second-order valence-corrected chi connectivity index (χ2v) is 5.48. The van der Waals surface area contributed by atoms with Crippen LogP contribution in [-0.2, 0) is 17.6 Å². The van der Waals surface area contributed by atoms with E-state index in [1.54, 1.807) is 6.92 Å². The topological polar surface area (TPSA) is 112 Å². The second-order valence-electron chi connectivity index (χ2n) is 5.48. The Labute approximate surface area is 144 Å². The first-order chi connectivity index (χ1) is 12.2. The van der Waals surface area contributed by atoms with E-state index in [1.165, 1.54) is 4.68 Å². The van der Waals surface area contributed by atoms with E-state index in [4.69, 9.17) is 4.52 Å². The summed E-state index contributed by atoms with van der Waals surface area (Å²) < 4.78 is 6.63. The van der Waals surface area contributed by atoms with Crippen LogP contribution in [0.5, 0.6) is 0 Å². The summed E-state index contributed by atoms with van der Waals surface area (Å²) in [5, 5.41) is 18.2. The summed E-state index contributed by atoms with van der Waals surface area (Å²) in [6.45, 7) is 4.10. The largest absolute Gasteiger partial charge is 0.353 e. The number of benzene rings is 1. The Morgan fingerprint density at radius 2 is 2.12 bits per heavy atom. The van der Waals surface area contributed by atoms with Gasteiger partial charge >= 0.3 is 0 Å². The van der Waals surface area contributed by atoms with E-state index < -0.39 is 6.04 Å². The molecule has 0 unspecified atom stereocenters. The molecule has 1 atom stereocenters. The molecule has 0 saturated carbocycles. The molecule has 2 heterocycles. The van der Waals surface area contributed by atoms with Crippen LogP contribution in [0.4, 0.5) is 0 Å². The molecule has 0 bridgehead atoms. The van der Waals surface area contributed by atoms with Crippen molar-refractivity contribution >= 4 is 5.91 Å². The van der Waals surface area contributed by atoms with Crippen molar-refractivity contribution in [3.63, 3.8) is 0 Å². The Kier molecular flexibility index (Phi) is 5.12. The summed E-state index contributed by atoms with van der Waals surface area (Å²) in [4.78, 5) is 17.0. The van der Waals surface area contributed by atoms with Gasteiger partial charge in [-0.05, 0) is 22.9 Å². The minimum atomic E-state index is -0.634. The van der Waals surface area contributed by atoms with E-state index in [-0.39, 0.29) is 5.91 Å². The zero-order valence-electron chi connectivity index (χ0n) is 14.1. The van der Waals surface area contributed by atoms with Crippen molar-refractivity contribution in [2.75, 3.05) is 6.54 Å². The van der Waals surface area contributed by atoms with Crippen molar-refractivity contribution in [3.8, 4) is 0 Å². The quantitative estimate of drug-likeness (QED) is 0.679. The highest BCUT2D eigenvalue weighted by atomic mass is 16.5. The van der Waals surface area contributed by atoms with Crippen molar-refractivity contribution < 1.29 is 9.32 Å². The number of nitrogens with zero attached hydrogens (tertiary/aromatic N) is 6. The number of amides is 1. The van der Waals surface area contributed by atoms with Crippen LogP contribution in [-0.4, -0.2) is 42.8 Å². The van der Waals surface area contributed by atoms with Crippen LogP contribution in [0, 0.1) is 6.92 Å². The van der Waals surface area contributed by atoms with E-state index in [0.717, 1.165) is 5.56 Å². The Morgan fingerprint density at radius 3 is 2.76 bits per heavy atom. The molecule has 0 aliphatic carbocycles. The van der Waals surface area contributed by atoms with Gasteiger partial charge in [-0.1, -0.05) is 42.4 Å². The monoisotopic (exact) mass is 341 g/mol. The van der Waals surface area contributed by atoms with Gasteiger partial charge in [-0.2, -0.15) is 4.98 Å². The van der Waals surface area contributed by atoms with Gasteiger partial charge in [0, 0.05) is 19.4 Å². The van der Waals surface area contributed by atoms with Gasteiger partial charge in [-0.25, -0.2) is 4.68 Å². The summed E-state index contributed by atoms with van der Waals surface area (Å²) >= 11 is 0. The van der Waals surface area contributed by atoms with E-state index in [9.17, 15) is 4.79 Å². The van der Waals surface area contributed by atoms with Crippen LogP contribution in [0.25, 0.3) is 0 Å². The van der Waals surface area contributed by atoms with E-state index in [2.05, 4.69) is 31.0 Å². The van der Waals surface area contributed by atoms with E-state index in [1.807, 2.05) is 37.3 Å². The van der Waals surface area contributed by atoms with Gasteiger partial charge in [-0.3, -0.25) is 4.79 Å². The summed E-state index contributed by atoms with van der Waals surface area (Å²) in [5.74, 6) is 1.53. The van der Waals surface area contributed by atoms with Crippen LogP contribution in [0.2, 0.25) is 0 Å². The molecule has 1 amide bonds. The van der Waals surface area contributed by atoms with Gasteiger partial charge in [0.2, 0.25) is 11.8 Å². The fourth-order valence-corrected chi connectivity index (χ4v) is 2.44. The number of hydrogen-bond donors (Lipinski definition) is 1. The van der Waals surface area contributed by atoms with Gasteiger partial charge in [0.15, 0.2) is 11.9 Å². The third kappa shape index (κ3) is 3.87. The lowest BCUT2D eigenvalue weighted by Crippen LogP contribution is -2.35. The molecule has 3 rings (SSSR count). The molecule has 0 spiro atoms. The highest BCUT2D eigenvalue weighted by Gasteiger charge is 2.25. The first-order valence-corrected chi connectivity index (χ1v) is 8.07. The molecule has 9 heteroatoms. The summed E-state index contributed by atoms with van der Waals surface area (Å²) in [6, 6.07) is 8.75. The molecule has 0 aliphatic rings. The second kappa shape index (κ2) is 7.65. The van der Waals surface area contributed by atoms with Crippen molar-refractivity contribution in [1.29, 1.82) is 0 Å². The summed E-state index contributed by atoms with van der Waals surface area (Å²) in [6.07, 6.45) is 1.18. The average molecular weight is 341 g/mol. The molecular formula is C16H19N7O2. The number of nitrogens with one attached hydrogen (secondary N) is 1. The lowest BCUT2D eigenvalue weighted by atomic mass is 10.1. The van der Waals surface area contributed by atoms with E-state index in [0.29, 0.717) is 36.9 Å². The first-order valence-electron chi connectivity index (χ1n) is 8.07. The number of aromatic nitrogens is 6. The smallest absolute Gasteiger partial charge is 0.249 e. The maximum atomic E-state index is 12.8. The van der Waals surface area contributed by atoms with Gasteiger partial charge in [0.05, 0.1) is 0 Å². The fraction of sp³-hybridized carbons (Fsp3) is 0.375. The first kappa shape index (κ1) is 16.7. The lowest BCUT2D eigenvalue weighted by molar-refractivity contribution is -0.123. The SMILES string of the molecule is CCc1noc(CCNC(=O)[C@@H](c2ccccc2)n2nnnc2C)n1. The average Bonchev–Trinajstić information content (AvgIpc) is 3.26. The van der Waals surface area contributed by atoms with Gasteiger partial charge in [-0.15, -0.1) is 5.10 Å². The Hall–Kier alpha value is -3.10. The molecule has 0 radical (unpaired) electrons. The molecule has 0 fully saturated rings. The van der Waals surface area contributed by atoms with Gasteiger partial charge in [0.1, 0.15) is 5.82 Å². The molecule has 2 aromatic heterocycles. The van der Waals surface area contributed by atoms with E-state index >= 15 is 0 Å². The zero-order chi connectivity index (χ0) is 17.6. The molecule has 9 nitrogen and oxygen atoms in total. The highest BCUT2D eigenvalue weighted by molar-refractivity contribution is 5.83. The predicted molar refractivity (Wildman–Crippen MR) is 87.5 cm³/mol. The molecule has 25 heavy (non-hydrogen) atoms. The number of hydrogen-bond acceptors (Lipinski definition) is 7. The number of carbonyl (C=O) groups is 1. The van der Waals surface area contributed by atoms with Crippen LogP contribution in [0.1, 0.15) is 36.1 Å². The van der Waals surface area contributed by atoms with Gasteiger partial charge < -0.3 is 9.84 Å². The van der Waals surface area contributed by atoms with Crippen LogP contribution < -0.4 is 5.32 Å². The van der Waals surface area contributed by atoms with Crippen LogP contribution >= 0.6 is 0 Å². The van der Waals surface area contributed by atoms with Crippen LogP contribution in [0.3, 0.4) is 0 Å².